The van der Waals surface area contributed by atoms with Gasteiger partial charge in [0.1, 0.15) is 0 Å². The second kappa shape index (κ2) is 3.64. The van der Waals surface area contributed by atoms with Gasteiger partial charge in [-0.2, -0.15) is 0 Å². The number of nitrogens with one attached hydrogen (secondary N) is 1. The first-order chi connectivity index (χ1) is 6.29. The fourth-order valence-electron chi connectivity index (χ4n) is 1.95. The molecule has 74 valence electrons. The smallest absolute Gasteiger partial charge is 0.250 e. The second-order valence-corrected chi connectivity index (χ2v) is 3.87. The lowest BCUT2D eigenvalue weighted by atomic mass is 9.97. The molecule has 2 aliphatic heterocycles. The summed E-state index contributed by atoms with van der Waals surface area (Å²) in [6.07, 6.45) is 0.972. The van der Waals surface area contributed by atoms with Crippen LogP contribution in [0.1, 0.15) is 13.3 Å². The Hall–Kier alpha value is -0.610. The number of carbonyl (C=O) groups excluding carboxylic acids is 1. The Morgan fingerprint density at radius 2 is 2.38 bits per heavy atom. The van der Waals surface area contributed by atoms with Gasteiger partial charge in [-0.15, -0.1) is 0 Å². The van der Waals surface area contributed by atoms with Crippen molar-refractivity contribution in [2.45, 2.75) is 13.3 Å². The Morgan fingerprint density at radius 1 is 1.54 bits per heavy atom. The fourth-order valence-corrected chi connectivity index (χ4v) is 1.95. The Morgan fingerprint density at radius 3 is 2.92 bits per heavy atom. The lowest BCUT2D eigenvalue weighted by molar-refractivity contribution is -0.173. The molecule has 2 unspecified atom stereocenters. The monoisotopic (exact) mass is 184 g/mol. The summed E-state index contributed by atoms with van der Waals surface area (Å²) < 4.78 is 0. The number of rotatable bonds is 1. The minimum atomic E-state index is 0.123. The van der Waals surface area contributed by atoms with Crippen LogP contribution in [-0.4, -0.2) is 37.2 Å². The van der Waals surface area contributed by atoms with Crippen LogP contribution in [0.15, 0.2) is 0 Å². The van der Waals surface area contributed by atoms with Crippen LogP contribution >= 0.6 is 0 Å². The standard InChI is InChI=1S/C9H16N2O2/c1-7-5-10-6-8(7)9(12)11-3-2-4-13-11/h7-8,10H,2-6H2,1H3. The summed E-state index contributed by atoms with van der Waals surface area (Å²) in [5, 5.41) is 4.76. The van der Waals surface area contributed by atoms with Gasteiger partial charge in [-0.25, -0.2) is 5.06 Å². The maximum atomic E-state index is 11.8. The molecule has 0 bridgehead atoms. The van der Waals surface area contributed by atoms with E-state index in [1.165, 1.54) is 5.06 Å². The molecule has 1 N–H and O–H groups in total. The lowest BCUT2D eigenvalue weighted by Crippen LogP contribution is -2.36. The molecule has 2 aliphatic rings. The van der Waals surface area contributed by atoms with Crippen molar-refractivity contribution < 1.29 is 9.63 Å². The highest BCUT2D eigenvalue weighted by Gasteiger charge is 2.34. The molecule has 0 saturated carbocycles. The molecule has 13 heavy (non-hydrogen) atoms. The van der Waals surface area contributed by atoms with Crippen molar-refractivity contribution in [3.63, 3.8) is 0 Å². The number of nitrogens with zero attached hydrogens (tertiary/aromatic N) is 1. The quantitative estimate of drug-likeness (QED) is 0.624. The van der Waals surface area contributed by atoms with Gasteiger partial charge in [-0.1, -0.05) is 6.92 Å². The largest absolute Gasteiger partial charge is 0.316 e. The van der Waals surface area contributed by atoms with Gasteiger partial charge in [0.05, 0.1) is 19.1 Å². The summed E-state index contributed by atoms with van der Waals surface area (Å²) in [6, 6.07) is 0. The van der Waals surface area contributed by atoms with Crippen LogP contribution in [0.2, 0.25) is 0 Å². The van der Waals surface area contributed by atoms with Crippen molar-refractivity contribution >= 4 is 5.91 Å². The van der Waals surface area contributed by atoms with E-state index < -0.39 is 0 Å². The van der Waals surface area contributed by atoms with Gasteiger partial charge in [0.2, 0.25) is 0 Å². The molecule has 0 aliphatic carbocycles. The molecule has 2 heterocycles. The molecule has 0 spiro atoms. The SMILES string of the molecule is CC1CNCC1C(=O)N1CCCO1. The zero-order valence-corrected chi connectivity index (χ0v) is 7.95. The van der Waals surface area contributed by atoms with E-state index in [-0.39, 0.29) is 11.8 Å². The van der Waals surface area contributed by atoms with E-state index in [4.69, 9.17) is 4.84 Å². The van der Waals surface area contributed by atoms with Crippen LogP contribution in [-0.2, 0) is 9.63 Å². The number of carbonyl (C=O) groups is 1. The van der Waals surface area contributed by atoms with Crippen molar-refractivity contribution in [1.82, 2.24) is 10.4 Å². The summed E-state index contributed by atoms with van der Waals surface area (Å²) >= 11 is 0. The van der Waals surface area contributed by atoms with Crippen molar-refractivity contribution in [3.05, 3.63) is 0 Å². The van der Waals surface area contributed by atoms with Crippen molar-refractivity contribution in [2.75, 3.05) is 26.2 Å². The first kappa shape index (κ1) is 8.97. The molecule has 2 atom stereocenters. The van der Waals surface area contributed by atoms with E-state index in [0.717, 1.165) is 26.1 Å². The van der Waals surface area contributed by atoms with Crippen LogP contribution < -0.4 is 5.32 Å². The van der Waals surface area contributed by atoms with E-state index >= 15 is 0 Å². The zero-order chi connectivity index (χ0) is 9.26. The van der Waals surface area contributed by atoms with E-state index in [1.807, 2.05) is 0 Å². The van der Waals surface area contributed by atoms with Gasteiger partial charge in [0.25, 0.3) is 5.91 Å². The highest BCUT2D eigenvalue weighted by Crippen LogP contribution is 2.20. The predicted molar refractivity (Wildman–Crippen MR) is 47.8 cm³/mol. The van der Waals surface area contributed by atoms with Crippen LogP contribution in [0.3, 0.4) is 0 Å². The van der Waals surface area contributed by atoms with Gasteiger partial charge in [0.15, 0.2) is 0 Å². The Labute approximate surface area is 78.2 Å². The molecular formula is C9H16N2O2. The molecule has 0 aromatic rings. The van der Waals surface area contributed by atoms with Gasteiger partial charge in [0, 0.05) is 6.54 Å². The molecule has 2 rings (SSSR count). The number of amides is 1. The molecule has 2 fully saturated rings. The first-order valence-corrected chi connectivity index (χ1v) is 4.94. The van der Waals surface area contributed by atoms with Crippen LogP contribution in [0.25, 0.3) is 0 Å². The van der Waals surface area contributed by atoms with E-state index in [9.17, 15) is 4.79 Å². The van der Waals surface area contributed by atoms with E-state index in [2.05, 4.69) is 12.2 Å². The molecular weight excluding hydrogens is 168 g/mol. The Balaban J connectivity index is 1.95. The third kappa shape index (κ3) is 1.69. The lowest BCUT2D eigenvalue weighted by Gasteiger charge is -2.20. The molecule has 2 saturated heterocycles. The van der Waals surface area contributed by atoms with Crippen molar-refractivity contribution in [3.8, 4) is 0 Å². The van der Waals surface area contributed by atoms with Gasteiger partial charge in [-0.3, -0.25) is 9.63 Å². The normalized spacial score (nSPS) is 34.1. The summed E-state index contributed by atoms with van der Waals surface area (Å²) in [5.74, 6) is 0.727. The number of hydroxylamine groups is 2. The van der Waals surface area contributed by atoms with E-state index in [1.54, 1.807) is 0 Å². The van der Waals surface area contributed by atoms with Crippen LogP contribution in [0, 0.1) is 11.8 Å². The second-order valence-electron chi connectivity index (χ2n) is 3.87. The minimum absolute atomic E-state index is 0.123. The molecule has 0 aromatic heterocycles. The average molecular weight is 184 g/mol. The molecule has 4 nitrogen and oxygen atoms in total. The summed E-state index contributed by atoms with van der Waals surface area (Å²) in [7, 11) is 0. The average Bonchev–Trinajstić information content (AvgIpc) is 2.72. The summed E-state index contributed by atoms with van der Waals surface area (Å²) in [6.45, 7) is 5.32. The van der Waals surface area contributed by atoms with E-state index in [0.29, 0.717) is 12.5 Å². The third-order valence-corrected chi connectivity index (χ3v) is 2.83. The van der Waals surface area contributed by atoms with Gasteiger partial charge < -0.3 is 5.32 Å². The third-order valence-electron chi connectivity index (χ3n) is 2.83. The predicted octanol–water partition coefficient (Wildman–Crippen LogP) is 0.00580. The highest BCUT2D eigenvalue weighted by atomic mass is 16.7. The Bertz CT molecular complexity index is 202. The zero-order valence-electron chi connectivity index (χ0n) is 7.95. The van der Waals surface area contributed by atoms with Crippen molar-refractivity contribution in [1.29, 1.82) is 0 Å². The maximum Gasteiger partial charge on any atom is 0.250 e. The van der Waals surface area contributed by atoms with Crippen LogP contribution in [0.4, 0.5) is 0 Å². The highest BCUT2D eigenvalue weighted by molar-refractivity contribution is 5.78. The summed E-state index contributed by atoms with van der Waals surface area (Å²) in [4.78, 5) is 17.1. The summed E-state index contributed by atoms with van der Waals surface area (Å²) in [5.41, 5.74) is 0. The molecule has 0 aromatic carbocycles. The first-order valence-electron chi connectivity index (χ1n) is 4.94. The molecule has 0 radical (unpaired) electrons. The fraction of sp³-hybridized carbons (Fsp3) is 0.889. The molecule has 4 heteroatoms. The molecule has 1 amide bonds. The Kier molecular flexibility index (Phi) is 2.51. The topological polar surface area (TPSA) is 41.6 Å². The number of hydrogen-bond acceptors (Lipinski definition) is 3. The van der Waals surface area contributed by atoms with Crippen molar-refractivity contribution in [2.24, 2.45) is 11.8 Å². The van der Waals surface area contributed by atoms with Gasteiger partial charge in [-0.05, 0) is 18.9 Å². The maximum absolute atomic E-state index is 11.8. The number of hydrogen-bond donors (Lipinski definition) is 1. The minimum Gasteiger partial charge on any atom is -0.316 e. The van der Waals surface area contributed by atoms with Crippen LogP contribution in [0.5, 0.6) is 0 Å². The van der Waals surface area contributed by atoms with Gasteiger partial charge >= 0.3 is 0 Å².